The average Bonchev–Trinajstić information content (AvgIpc) is 2.97. The van der Waals surface area contributed by atoms with Gasteiger partial charge in [0.1, 0.15) is 6.33 Å². The summed E-state index contributed by atoms with van der Waals surface area (Å²) in [5.74, 6) is 0.0152. The number of benzene rings is 3. The monoisotopic (exact) mass is 497 g/mol. The van der Waals surface area contributed by atoms with Crippen molar-refractivity contribution in [2.45, 2.75) is 11.4 Å². The van der Waals surface area contributed by atoms with Crippen LogP contribution >= 0.6 is 0 Å². The predicted octanol–water partition coefficient (Wildman–Crippen LogP) is 4.17. The van der Waals surface area contributed by atoms with E-state index in [0.717, 1.165) is 24.3 Å². The summed E-state index contributed by atoms with van der Waals surface area (Å²) in [5, 5.41) is 0. The first kappa shape index (κ1) is 23.7. The SMILES string of the molecule is O=C(c1ccc(N(Cc2cncnc2)S(=O)c2ccccc2)cc1)N1CCN(c2ccccc2)CC1. The van der Waals surface area contributed by atoms with Gasteiger partial charge in [-0.05, 0) is 48.5 Å². The summed E-state index contributed by atoms with van der Waals surface area (Å²) < 4.78 is 15.3. The van der Waals surface area contributed by atoms with Crippen molar-refractivity contribution in [3.63, 3.8) is 0 Å². The van der Waals surface area contributed by atoms with Crippen molar-refractivity contribution < 1.29 is 9.00 Å². The van der Waals surface area contributed by atoms with E-state index in [9.17, 15) is 9.00 Å². The van der Waals surface area contributed by atoms with Crippen LogP contribution in [0.3, 0.4) is 0 Å². The van der Waals surface area contributed by atoms with Gasteiger partial charge in [-0.3, -0.25) is 9.10 Å². The molecule has 36 heavy (non-hydrogen) atoms. The molecule has 5 rings (SSSR count). The number of carbonyl (C=O) groups is 1. The number of rotatable bonds is 7. The van der Waals surface area contributed by atoms with Crippen LogP contribution in [0.25, 0.3) is 0 Å². The zero-order valence-electron chi connectivity index (χ0n) is 19.8. The number of nitrogens with zero attached hydrogens (tertiary/aromatic N) is 5. The molecule has 0 N–H and O–H groups in total. The highest BCUT2D eigenvalue weighted by atomic mass is 32.2. The number of anilines is 2. The molecule has 1 atom stereocenters. The summed E-state index contributed by atoms with van der Waals surface area (Å²) in [6.45, 7) is 3.33. The fourth-order valence-corrected chi connectivity index (χ4v) is 5.47. The van der Waals surface area contributed by atoms with Gasteiger partial charge in [0.2, 0.25) is 0 Å². The Morgan fingerprint density at radius 1 is 0.806 bits per heavy atom. The smallest absolute Gasteiger partial charge is 0.253 e. The molecule has 7 nitrogen and oxygen atoms in total. The summed E-state index contributed by atoms with van der Waals surface area (Å²) in [7, 11) is -1.44. The van der Waals surface area contributed by atoms with Crippen molar-refractivity contribution in [3.8, 4) is 0 Å². The lowest BCUT2D eigenvalue weighted by Gasteiger charge is -2.36. The third-order valence-electron chi connectivity index (χ3n) is 6.18. The third kappa shape index (κ3) is 5.44. The number of piperazine rings is 1. The Hall–Kier alpha value is -4.04. The second-order valence-corrected chi connectivity index (χ2v) is 9.92. The average molecular weight is 498 g/mol. The molecule has 0 aliphatic carbocycles. The van der Waals surface area contributed by atoms with Crippen molar-refractivity contribution >= 4 is 28.3 Å². The summed E-state index contributed by atoms with van der Waals surface area (Å²) >= 11 is 0. The van der Waals surface area contributed by atoms with Crippen molar-refractivity contribution in [1.29, 1.82) is 0 Å². The quantitative estimate of drug-likeness (QED) is 0.383. The third-order valence-corrected chi connectivity index (χ3v) is 7.59. The lowest BCUT2D eigenvalue weighted by Crippen LogP contribution is -2.48. The van der Waals surface area contributed by atoms with Gasteiger partial charge in [-0.15, -0.1) is 0 Å². The summed E-state index contributed by atoms with van der Waals surface area (Å²) in [5.41, 5.74) is 3.41. The number of hydrogen-bond acceptors (Lipinski definition) is 5. The van der Waals surface area contributed by atoms with E-state index in [0.29, 0.717) is 30.1 Å². The van der Waals surface area contributed by atoms with Gasteiger partial charge in [-0.2, -0.15) is 0 Å². The molecule has 1 unspecified atom stereocenters. The standard InChI is InChI=1S/C28H27N5O2S/c34-28(32-17-15-31(16-18-32)25-7-3-1-4-8-25)24-11-13-26(14-12-24)33(21-23-19-29-22-30-20-23)36(35)27-9-5-2-6-10-27/h1-14,19-20,22H,15-18,21H2. The van der Waals surface area contributed by atoms with Crippen LogP contribution in [0.5, 0.6) is 0 Å². The van der Waals surface area contributed by atoms with Crippen LogP contribution < -0.4 is 9.21 Å². The van der Waals surface area contributed by atoms with E-state index >= 15 is 0 Å². The van der Waals surface area contributed by atoms with Crippen molar-refractivity contribution in [2.75, 3.05) is 35.4 Å². The van der Waals surface area contributed by atoms with Gasteiger partial charge in [0.05, 0.1) is 17.1 Å². The van der Waals surface area contributed by atoms with Crippen LogP contribution in [0.4, 0.5) is 11.4 Å². The van der Waals surface area contributed by atoms with Crippen LogP contribution in [0.15, 0.2) is 109 Å². The Balaban J connectivity index is 1.31. The molecule has 0 spiro atoms. The minimum absolute atomic E-state index is 0.0152. The second-order valence-electron chi connectivity index (χ2n) is 8.51. The maximum absolute atomic E-state index is 13.5. The Morgan fingerprint density at radius 2 is 1.42 bits per heavy atom. The molecule has 4 aromatic rings. The molecule has 1 aliphatic rings. The highest BCUT2D eigenvalue weighted by Crippen LogP contribution is 2.24. The molecule has 1 saturated heterocycles. The number of amides is 1. The van der Waals surface area contributed by atoms with Crippen LogP contribution in [0.1, 0.15) is 15.9 Å². The number of aromatic nitrogens is 2. The molecule has 182 valence electrons. The highest BCUT2D eigenvalue weighted by Gasteiger charge is 2.23. The maximum atomic E-state index is 13.5. The molecule has 8 heteroatoms. The van der Waals surface area contributed by atoms with Gasteiger partial charge in [0.25, 0.3) is 5.91 Å². The van der Waals surface area contributed by atoms with E-state index < -0.39 is 11.0 Å². The topological polar surface area (TPSA) is 69.6 Å². The Morgan fingerprint density at radius 3 is 2.06 bits per heavy atom. The molecule has 2 heterocycles. The van der Waals surface area contributed by atoms with Crippen molar-refractivity contribution in [1.82, 2.24) is 14.9 Å². The predicted molar refractivity (Wildman–Crippen MR) is 142 cm³/mol. The normalized spacial score (nSPS) is 14.3. The largest absolute Gasteiger partial charge is 0.368 e. The molecule has 1 fully saturated rings. The summed E-state index contributed by atoms with van der Waals surface area (Å²) in [6, 6.07) is 27.0. The van der Waals surface area contributed by atoms with Gasteiger partial charge in [0, 0.05) is 55.4 Å². The zero-order valence-corrected chi connectivity index (χ0v) is 20.6. The Bertz CT molecular complexity index is 1300. The van der Waals surface area contributed by atoms with Crippen LogP contribution in [-0.4, -0.2) is 51.2 Å². The number of hydrogen-bond donors (Lipinski definition) is 0. The van der Waals surface area contributed by atoms with Crippen LogP contribution in [0.2, 0.25) is 0 Å². The van der Waals surface area contributed by atoms with Gasteiger partial charge in [-0.25, -0.2) is 14.2 Å². The first-order chi connectivity index (χ1) is 17.7. The molecular formula is C28H27N5O2S. The van der Waals surface area contributed by atoms with Gasteiger partial charge in [0.15, 0.2) is 11.0 Å². The molecule has 0 saturated carbocycles. The molecule has 0 radical (unpaired) electrons. The van der Waals surface area contributed by atoms with Crippen LogP contribution in [0, 0.1) is 0 Å². The van der Waals surface area contributed by atoms with E-state index in [2.05, 4.69) is 27.0 Å². The minimum atomic E-state index is -1.44. The molecule has 1 aliphatic heterocycles. The second kappa shape index (κ2) is 11.1. The van der Waals surface area contributed by atoms with E-state index in [1.54, 1.807) is 16.7 Å². The van der Waals surface area contributed by atoms with E-state index in [1.807, 2.05) is 77.7 Å². The Kier molecular flexibility index (Phi) is 7.33. The van der Waals surface area contributed by atoms with E-state index in [4.69, 9.17) is 0 Å². The Labute approximate surface area is 213 Å². The number of carbonyl (C=O) groups excluding carboxylic acids is 1. The lowest BCUT2D eigenvalue weighted by atomic mass is 10.1. The summed E-state index contributed by atoms with van der Waals surface area (Å²) in [6.07, 6.45) is 4.91. The first-order valence-electron chi connectivity index (χ1n) is 11.9. The van der Waals surface area contributed by atoms with Gasteiger partial charge < -0.3 is 9.80 Å². The fourth-order valence-electron chi connectivity index (χ4n) is 4.25. The van der Waals surface area contributed by atoms with E-state index in [1.165, 1.54) is 12.0 Å². The molecule has 3 aromatic carbocycles. The fraction of sp³-hybridized carbons (Fsp3) is 0.179. The van der Waals surface area contributed by atoms with Gasteiger partial charge in [-0.1, -0.05) is 36.4 Å². The van der Waals surface area contributed by atoms with Crippen molar-refractivity contribution in [2.24, 2.45) is 0 Å². The molecule has 1 aromatic heterocycles. The highest BCUT2D eigenvalue weighted by molar-refractivity contribution is 7.86. The molecule has 0 bridgehead atoms. The van der Waals surface area contributed by atoms with Crippen LogP contribution in [-0.2, 0) is 17.5 Å². The molecule has 1 amide bonds. The summed E-state index contributed by atoms with van der Waals surface area (Å²) in [4.78, 5) is 26.3. The maximum Gasteiger partial charge on any atom is 0.253 e. The molecular weight excluding hydrogens is 470 g/mol. The van der Waals surface area contributed by atoms with E-state index in [-0.39, 0.29) is 5.91 Å². The van der Waals surface area contributed by atoms with Crippen molar-refractivity contribution in [3.05, 3.63) is 115 Å². The zero-order chi connectivity index (χ0) is 24.7. The minimum Gasteiger partial charge on any atom is -0.368 e. The van der Waals surface area contributed by atoms with Gasteiger partial charge >= 0.3 is 0 Å². The lowest BCUT2D eigenvalue weighted by molar-refractivity contribution is 0.0747. The number of para-hydroxylation sites is 1. The first-order valence-corrected chi connectivity index (χ1v) is 13.0.